The molecule has 0 spiro atoms. The molecule has 128 valence electrons. The smallest absolute Gasteiger partial charge is 0.161 e. The number of aromatic carboxylic acids is 1. The fraction of sp³-hybridized carbons (Fsp3) is 0.200. The topological polar surface area (TPSA) is 71.5 Å². The summed E-state index contributed by atoms with van der Waals surface area (Å²) in [6, 6.07) is 12.4. The Morgan fingerprint density at radius 2 is 1.92 bits per heavy atom. The first kappa shape index (κ1) is 16.8. The summed E-state index contributed by atoms with van der Waals surface area (Å²) in [7, 11) is 1.56. The molecule has 25 heavy (non-hydrogen) atoms. The van der Waals surface area contributed by atoms with Crippen LogP contribution in [-0.4, -0.2) is 24.7 Å². The summed E-state index contributed by atoms with van der Waals surface area (Å²) in [5.74, 6) is -0.0254. The van der Waals surface area contributed by atoms with Crippen molar-refractivity contribution in [2.75, 3.05) is 13.7 Å². The summed E-state index contributed by atoms with van der Waals surface area (Å²) in [5.41, 5.74) is 2.97. The molecule has 1 heterocycles. The number of aromatic nitrogens is 1. The summed E-state index contributed by atoms with van der Waals surface area (Å²) in [5, 5.41) is 12.2. The van der Waals surface area contributed by atoms with Crippen molar-refractivity contribution in [1.29, 1.82) is 0 Å². The molecule has 0 bridgehead atoms. The fourth-order valence-electron chi connectivity index (χ4n) is 2.76. The number of nitrogens with zero attached hydrogens (tertiary/aromatic N) is 1. The standard InChI is InChI=1S/C20H19NO4/c1-4-25-18-8-6-13(10-19(18)24-3)17-11-15(20(22)23)14-9-12(2)5-7-16(14)21-17/h5-11H,4H2,1-3H3,(H,22,23)/p-1. The number of methoxy groups -OCH3 is 1. The van der Waals surface area contributed by atoms with Gasteiger partial charge in [-0.3, -0.25) is 0 Å². The molecule has 3 rings (SSSR count). The molecule has 0 saturated heterocycles. The highest BCUT2D eigenvalue weighted by atomic mass is 16.5. The molecule has 0 fully saturated rings. The van der Waals surface area contributed by atoms with Gasteiger partial charge in [-0.1, -0.05) is 11.6 Å². The average Bonchev–Trinajstić information content (AvgIpc) is 2.61. The van der Waals surface area contributed by atoms with Crippen molar-refractivity contribution >= 4 is 16.9 Å². The van der Waals surface area contributed by atoms with Crippen LogP contribution in [-0.2, 0) is 0 Å². The number of carboxylic acid groups (broad SMARTS) is 1. The first-order valence-corrected chi connectivity index (χ1v) is 7.97. The van der Waals surface area contributed by atoms with Gasteiger partial charge in [-0.05, 0) is 50.2 Å². The second-order valence-corrected chi connectivity index (χ2v) is 5.66. The average molecular weight is 336 g/mol. The molecule has 0 aliphatic heterocycles. The van der Waals surface area contributed by atoms with E-state index in [9.17, 15) is 9.90 Å². The normalized spacial score (nSPS) is 10.7. The number of aryl methyl sites for hydroxylation is 1. The zero-order valence-electron chi connectivity index (χ0n) is 14.3. The minimum absolute atomic E-state index is 0.122. The van der Waals surface area contributed by atoms with Gasteiger partial charge in [0.25, 0.3) is 0 Å². The third-order valence-corrected chi connectivity index (χ3v) is 3.94. The maximum absolute atomic E-state index is 11.6. The molecule has 0 amide bonds. The number of hydrogen-bond donors (Lipinski definition) is 0. The molecule has 2 aromatic carbocycles. The van der Waals surface area contributed by atoms with Crippen LogP contribution < -0.4 is 14.6 Å². The second kappa shape index (κ2) is 6.81. The third-order valence-electron chi connectivity index (χ3n) is 3.94. The van der Waals surface area contributed by atoms with Crippen molar-refractivity contribution in [3.63, 3.8) is 0 Å². The van der Waals surface area contributed by atoms with Gasteiger partial charge in [-0.15, -0.1) is 0 Å². The number of hydrogen-bond acceptors (Lipinski definition) is 5. The number of ether oxygens (including phenoxy) is 2. The molecule has 5 nitrogen and oxygen atoms in total. The zero-order valence-corrected chi connectivity index (χ0v) is 14.3. The van der Waals surface area contributed by atoms with E-state index in [4.69, 9.17) is 9.47 Å². The Morgan fingerprint density at radius 1 is 1.12 bits per heavy atom. The van der Waals surface area contributed by atoms with Crippen LogP contribution in [0.4, 0.5) is 0 Å². The lowest BCUT2D eigenvalue weighted by Gasteiger charge is -2.13. The number of carbonyl (C=O) groups is 1. The molecular formula is C20H18NO4-. The minimum atomic E-state index is -1.22. The van der Waals surface area contributed by atoms with E-state index in [-0.39, 0.29) is 5.56 Å². The maximum atomic E-state index is 11.6. The first-order chi connectivity index (χ1) is 12.0. The summed E-state index contributed by atoms with van der Waals surface area (Å²) < 4.78 is 10.9. The zero-order chi connectivity index (χ0) is 18.0. The van der Waals surface area contributed by atoms with Gasteiger partial charge in [0.05, 0.1) is 30.9 Å². The van der Waals surface area contributed by atoms with Crippen molar-refractivity contribution < 1.29 is 19.4 Å². The molecule has 0 unspecified atom stereocenters. The Balaban J connectivity index is 2.19. The van der Waals surface area contributed by atoms with Gasteiger partial charge >= 0.3 is 0 Å². The SMILES string of the molecule is CCOc1ccc(-c2cc(C(=O)[O-])c3cc(C)ccc3n2)cc1OC. The lowest BCUT2D eigenvalue weighted by molar-refractivity contribution is -0.254. The van der Waals surface area contributed by atoms with E-state index in [1.54, 1.807) is 25.3 Å². The van der Waals surface area contributed by atoms with Crippen molar-refractivity contribution in [2.24, 2.45) is 0 Å². The van der Waals surface area contributed by atoms with E-state index < -0.39 is 5.97 Å². The van der Waals surface area contributed by atoms with Crippen LogP contribution in [0, 0.1) is 6.92 Å². The molecule has 0 radical (unpaired) electrons. The van der Waals surface area contributed by atoms with E-state index in [1.165, 1.54) is 6.07 Å². The number of benzene rings is 2. The Kier molecular flexibility index (Phi) is 4.57. The van der Waals surface area contributed by atoms with Crippen LogP contribution in [0.1, 0.15) is 22.8 Å². The lowest BCUT2D eigenvalue weighted by Crippen LogP contribution is -2.22. The number of rotatable bonds is 5. The highest BCUT2D eigenvalue weighted by Gasteiger charge is 2.12. The number of carboxylic acids is 1. The molecule has 0 aliphatic carbocycles. The van der Waals surface area contributed by atoms with Crippen molar-refractivity contribution in [1.82, 2.24) is 4.98 Å². The van der Waals surface area contributed by atoms with Crippen LogP contribution in [0.25, 0.3) is 22.2 Å². The molecule has 1 aromatic heterocycles. The Bertz CT molecular complexity index is 950. The largest absolute Gasteiger partial charge is 0.545 e. The van der Waals surface area contributed by atoms with Gasteiger partial charge in [0, 0.05) is 16.5 Å². The third kappa shape index (κ3) is 3.26. The highest BCUT2D eigenvalue weighted by molar-refractivity contribution is 6.03. The van der Waals surface area contributed by atoms with Gasteiger partial charge in [0.1, 0.15) is 0 Å². The molecule has 0 N–H and O–H groups in total. The van der Waals surface area contributed by atoms with Crippen LogP contribution in [0.5, 0.6) is 11.5 Å². The van der Waals surface area contributed by atoms with Crippen LogP contribution in [0.15, 0.2) is 42.5 Å². The van der Waals surface area contributed by atoms with E-state index in [0.717, 1.165) is 11.1 Å². The van der Waals surface area contributed by atoms with Gasteiger partial charge in [0.2, 0.25) is 0 Å². The number of fused-ring (bicyclic) bond motifs is 1. The molecule has 0 atom stereocenters. The summed E-state index contributed by atoms with van der Waals surface area (Å²) in [4.78, 5) is 16.2. The Hall–Kier alpha value is -3.08. The molecule has 5 heteroatoms. The van der Waals surface area contributed by atoms with Gasteiger partial charge in [-0.25, -0.2) is 4.98 Å². The van der Waals surface area contributed by atoms with Gasteiger partial charge in [0.15, 0.2) is 11.5 Å². The maximum Gasteiger partial charge on any atom is 0.161 e. The molecule has 3 aromatic rings. The summed E-state index contributed by atoms with van der Waals surface area (Å²) >= 11 is 0. The highest BCUT2D eigenvalue weighted by Crippen LogP contribution is 2.33. The second-order valence-electron chi connectivity index (χ2n) is 5.66. The number of pyridine rings is 1. The van der Waals surface area contributed by atoms with Crippen molar-refractivity contribution in [3.8, 4) is 22.8 Å². The van der Waals surface area contributed by atoms with Crippen LogP contribution >= 0.6 is 0 Å². The van der Waals surface area contributed by atoms with Crippen LogP contribution in [0.2, 0.25) is 0 Å². The van der Waals surface area contributed by atoms with E-state index in [2.05, 4.69) is 4.98 Å². The van der Waals surface area contributed by atoms with Gasteiger partial charge < -0.3 is 19.4 Å². The summed E-state index contributed by atoms with van der Waals surface area (Å²) in [6.45, 7) is 4.33. The van der Waals surface area contributed by atoms with E-state index in [0.29, 0.717) is 34.7 Å². The Morgan fingerprint density at radius 3 is 2.60 bits per heavy atom. The first-order valence-electron chi connectivity index (χ1n) is 7.97. The van der Waals surface area contributed by atoms with Crippen molar-refractivity contribution in [2.45, 2.75) is 13.8 Å². The Labute approximate surface area is 145 Å². The fourth-order valence-corrected chi connectivity index (χ4v) is 2.76. The molecular weight excluding hydrogens is 318 g/mol. The summed E-state index contributed by atoms with van der Waals surface area (Å²) in [6.07, 6.45) is 0. The quantitative estimate of drug-likeness (QED) is 0.716. The minimum Gasteiger partial charge on any atom is -0.545 e. The molecule has 0 aliphatic rings. The van der Waals surface area contributed by atoms with E-state index in [1.807, 2.05) is 32.0 Å². The van der Waals surface area contributed by atoms with Crippen LogP contribution in [0.3, 0.4) is 0 Å². The predicted molar refractivity (Wildman–Crippen MR) is 94.0 cm³/mol. The molecule has 0 saturated carbocycles. The van der Waals surface area contributed by atoms with Gasteiger partial charge in [-0.2, -0.15) is 0 Å². The number of carbonyl (C=O) groups excluding carboxylic acids is 1. The predicted octanol–water partition coefficient (Wildman–Crippen LogP) is 2.98. The lowest BCUT2D eigenvalue weighted by atomic mass is 10.0. The van der Waals surface area contributed by atoms with E-state index >= 15 is 0 Å². The van der Waals surface area contributed by atoms with Crippen molar-refractivity contribution in [3.05, 3.63) is 53.6 Å². The monoisotopic (exact) mass is 336 g/mol.